The van der Waals surface area contributed by atoms with Crippen molar-refractivity contribution in [1.29, 1.82) is 0 Å². The topological polar surface area (TPSA) is 56.2 Å². The fraction of sp³-hybridized carbons (Fsp3) is 0.200. The zero-order chi connectivity index (χ0) is 10.8. The van der Waals surface area contributed by atoms with Crippen LogP contribution >= 0.6 is 0 Å². The van der Waals surface area contributed by atoms with E-state index in [1.807, 2.05) is 6.07 Å². The standard InChI is InChI=1S/C10H11N3O2/c1-11-10(14)8-6-13(15-2)9-7(8)4-3-5-12-9/h3-6H,1-2H3,(H,11,14). The van der Waals surface area contributed by atoms with Crippen molar-refractivity contribution in [1.82, 2.24) is 15.0 Å². The number of nitrogens with one attached hydrogen (secondary N) is 1. The molecule has 1 N–H and O–H groups in total. The van der Waals surface area contributed by atoms with E-state index >= 15 is 0 Å². The third-order valence-electron chi connectivity index (χ3n) is 2.20. The highest BCUT2D eigenvalue weighted by molar-refractivity contribution is 6.05. The van der Waals surface area contributed by atoms with Gasteiger partial charge in [0.2, 0.25) is 0 Å². The highest BCUT2D eigenvalue weighted by Gasteiger charge is 2.14. The maximum absolute atomic E-state index is 11.5. The second-order valence-corrected chi connectivity index (χ2v) is 3.00. The fourth-order valence-corrected chi connectivity index (χ4v) is 1.49. The molecule has 0 saturated heterocycles. The number of hydrogen-bond donors (Lipinski definition) is 1. The number of rotatable bonds is 2. The summed E-state index contributed by atoms with van der Waals surface area (Å²) in [5.41, 5.74) is 1.20. The Morgan fingerprint density at radius 1 is 1.60 bits per heavy atom. The molecule has 0 aliphatic carbocycles. The van der Waals surface area contributed by atoms with E-state index in [0.29, 0.717) is 11.2 Å². The van der Waals surface area contributed by atoms with Crippen molar-refractivity contribution < 1.29 is 9.63 Å². The molecule has 0 spiro atoms. The van der Waals surface area contributed by atoms with Gasteiger partial charge in [0.1, 0.15) is 7.11 Å². The predicted molar refractivity (Wildman–Crippen MR) is 55.6 cm³/mol. The van der Waals surface area contributed by atoms with Crippen LogP contribution in [0.4, 0.5) is 0 Å². The van der Waals surface area contributed by atoms with Gasteiger partial charge in [-0.1, -0.05) is 0 Å². The Morgan fingerprint density at radius 3 is 3.07 bits per heavy atom. The summed E-state index contributed by atoms with van der Waals surface area (Å²) in [6.07, 6.45) is 3.28. The first-order valence-corrected chi connectivity index (χ1v) is 4.50. The SMILES string of the molecule is CNC(=O)c1cn(OC)c2ncccc12. The van der Waals surface area contributed by atoms with E-state index in [0.717, 1.165) is 5.39 Å². The lowest BCUT2D eigenvalue weighted by Crippen LogP contribution is -2.17. The molecule has 0 aromatic carbocycles. The van der Waals surface area contributed by atoms with Crippen LogP contribution in [0.25, 0.3) is 11.0 Å². The molecule has 2 aromatic heterocycles. The molecule has 0 atom stereocenters. The Balaban J connectivity index is 2.70. The third-order valence-corrected chi connectivity index (χ3v) is 2.20. The van der Waals surface area contributed by atoms with Gasteiger partial charge in [-0.2, -0.15) is 4.73 Å². The summed E-state index contributed by atoms with van der Waals surface area (Å²) in [7, 11) is 3.12. The molecule has 2 rings (SSSR count). The van der Waals surface area contributed by atoms with E-state index in [9.17, 15) is 4.79 Å². The summed E-state index contributed by atoms with van der Waals surface area (Å²) in [5, 5.41) is 3.35. The second-order valence-electron chi connectivity index (χ2n) is 3.00. The molecule has 0 bridgehead atoms. The molecule has 78 valence electrons. The first-order chi connectivity index (χ1) is 7.27. The number of nitrogens with zero attached hydrogens (tertiary/aromatic N) is 2. The van der Waals surface area contributed by atoms with Crippen LogP contribution in [0.1, 0.15) is 10.4 Å². The van der Waals surface area contributed by atoms with E-state index < -0.39 is 0 Å². The average Bonchev–Trinajstić information content (AvgIpc) is 2.67. The molecule has 5 nitrogen and oxygen atoms in total. The van der Waals surface area contributed by atoms with E-state index in [-0.39, 0.29) is 5.91 Å². The molecule has 15 heavy (non-hydrogen) atoms. The van der Waals surface area contributed by atoms with Crippen LogP contribution in [0.5, 0.6) is 0 Å². The zero-order valence-electron chi connectivity index (χ0n) is 8.52. The molecule has 5 heteroatoms. The largest absolute Gasteiger partial charge is 0.416 e. The fourth-order valence-electron chi connectivity index (χ4n) is 1.49. The Kier molecular flexibility index (Phi) is 2.29. The first-order valence-electron chi connectivity index (χ1n) is 4.50. The normalized spacial score (nSPS) is 10.3. The van der Waals surface area contributed by atoms with E-state index in [2.05, 4.69) is 10.3 Å². The van der Waals surface area contributed by atoms with Gasteiger partial charge in [0.25, 0.3) is 5.91 Å². The van der Waals surface area contributed by atoms with Gasteiger partial charge >= 0.3 is 0 Å². The lowest BCUT2D eigenvalue weighted by atomic mass is 10.2. The average molecular weight is 205 g/mol. The molecule has 0 aliphatic heterocycles. The van der Waals surface area contributed by atoms with Crippen LogP contribution in [0.15, 0.2) is 24.5 Å². The Morgan fingerprint density at radius 2 is 2.40 bits per heavy atom. The number of amides is 1. The van der Waals surface area contributed by atoms with Crippen molar-refractivity contribution in [3.8, 4) is 0 Å². The maximum Gasteiger partial charge on any atom is 0.253 e. The van der Waals surface area contributed by atoms with E-state index in [1.165, 1.54) is 11.8 Å². The molecule has 0 fully saturated rings. The van der Waals surface area contributed by atoms with Crippen LogP contribution < -0.4 is 10.2 Å². The number of carbonyl (C=O) groups excluding carboxylic acids is 1. The molecule has 0 aliphatic rings. The van der Waals surface area contributed by atoms with Gasteiger partial charge in [0.05, 0.1) is 11.8 Å². The quantitative estimate of drug-likeness (QED) is 0.774. The number of pyridine rings is 1. The zero-order valence-corrected chi connectivity index (χ0v) is 8.52. The van der Waals surface area contributed by atoms with E-state index in [1.54, 1.807) is 25.5 Å². The molecule has 1 amide bonds. The van der Waals surface area contributed by atoms with Crippen molar-refractivity contribution in [3.63, 3.8) is 0 Å². The number of fused-ring (bicyclic) bond motifs is 1. The number of carbonyl (C=O) groups is 1. The van der Waals surface area contributed by atoms with Gasteiger partial charge in [-0.3, -0.25) is 4.79 Å². The Labute approximate surface area is 86.6 Å². The van der Waals surface area contributed by atoms with Crippen LogP contribution in [0.2, 0.25) is 0 Å². The number of hydrogen-bond acceptors (Lipinski definition) is 3. The smallest absolute Gasteiger partial charge is 0.253 e. The van der Waals surface area contributed by atoms with Gasteiger partial charge < -0.3 is 10.2 Å². The van der Waals surface area contributed by atoms with E-state index in [4.69, 9.17) is 4.84 Å². The molecular formula is C10H11N3O2. The highest BCUT2D eigenvalue weighted by Crippen LogP contribution is 2.17. The predicted octanol–water partition coefficient (Wildman–Crippen LogP) is 0.454. The van der Waals surface area contributed by atoms with Crippen molar-refractivity contribution >= 4 is 16.9 Å². The molecule has 0 saturated carbocycles. The minimum Gasteiger partial charge on any atom is -0.416 e. The monoisotopic (exact) mass is 205 g/mol. The molecule has 2 aromatic rings. The van der Waals surface area contributed by atoms with Gasteiger partial charge in [0, 0.05) is 18.6 Å². The van der Waals surface area contributed by atoms with Crippen LogP contribution in [0, 0.1) is 0 Å². The molecule has 0 unspecified atom stereocenters. The van der Waals surface area contributed by atoms with Gasteiger partial charge in [0.15, 0.2) is 5.65 Å². The molecular weight excluding hydrogens is 194 g/mol. The van der Waals surface area contributed by atoms with Crippen molar-refractivity contribution in [2.75, 3.05) is 14.2 Å². The summed E-state index contributed by atoms with van der Waals surface area (Å²) in [6, 6.07) is 3.62. The van der Waals surface area contributed by atoms with Gasteiger partial charge in [-0.25, -0.2) is 4.98 Å². The Bertz CT molecular complexity index is 504. The summed E-state index contributed by atoms with van der Waals surface area (Å²) in [4.78, 5) is 20.8. The minimum atomic E-state index is -0.149. The summed E-state index contributed by atoms with van der Waals surface area (Å²) < 4.78 is 1.47. The summed E-state index contributed by atoms with van der Waals surface area (Å²) in [6.45, 7) is 0. The first kappa shape index (κ1) is 9.51. The minimum absolute atomic E-state index is 0.149. The summed E-state index contributed by atoms with van der Waals surface area (Å²) >= 11 is 0. The van der Waals surface area contributed by atoms with Gasteiger partial charge in [-0.05, 0) is 12.1 Å². The lowest BCUT2D eigenvalue weighted by Gasteiger charge is -1.98. The van der Waals surface area contributed by atoms with Crippen molar-refractivity contribution in [2.45, 2.75) is 0 Å². The number of aromatic nitrogens is 2. The van der Waals surface area contributed by atoms with Crippen molar-refractivity contribution in [2.24, 2.45) is 0 Å². The van der Waals surface area contributed by atoms with Crippen LogP contribution in [-0.2, 0) is 0 Å². The lowest BCUT2D eigenvalue weighted by molar-refractivity contribution is 0.0962. The van der Waals surface area contributed by atoms with Crippen LogP contribution in [0.3, 0.4) is 0 Å². The van der Waals surface area contributed by atoms with Crippen LogP contribution in [-0.4, -0.2) is 29.8 Å². The highest BCUT2D eigenvalue weighted by atomic mass is 16.6. The summed E-state index contributed by atoms with van der Waals surface area (Å²) in [5.74, 6) is -0.149. The molecule has 2 heterocycles. The van der Waals surface area contributed by atoms with Crippen molar-refractivity contribution in [3.05, 3.63) is 30.1 Å². The maximum atomic E-state index is 11.5. The van der Waals surface area contributed by atoms with Gasteiger partial charge in [-0.15, -0.1) is 0 Å². The third kappa shape index (κ3) is 1.41. The Hall–Kier alpha value is -2.04. The second kappa shape index (κ2) is 3.61. The molecule has 0 radical (unpaired) electrons.